The number of halogens is 1. The van der Waals surface area contributed by atoms with Crippen molar-refractivity contribution in [2.75, 3.05) is 11.9 Å². The van der Waals surface area contributed by atoms with Crippen molar-refractivity contribution in [3.05, 3.63) is 28.8 Å². The van der Waals surface area contributed by atoms with Crippen molar-refractivity contribution in [1.82, 2.24) is 5.32 Å². The van der Waals surface area contributed by atoms with E-state index in [0.717, 1.165) is 11.6 Å². The van der Waals surface area contributed by atoms with Crippen LogP contribution in [0.3, 0.4) is 0 Å². The molecule has 0 aliphatic rings. The van der Waals surface area contributed by atoms with Crippen molar-refractivity contribution < 1.29 is 0 Å². The number of nitrogens with zero attached hydrogens (tertiary/aromatic N) is 1. The van der Waals surface area contributed by atoms with Gasteiger partial charge in [0.2, 0.25) is 0 Å². The van der Waals surface area contributed by atoms with Crippen molar-refractivity contribution in [2.45, 2.75) is 65.6 Å². The third kappa shape index (κ3) is 4.99. The third-order valence-electron chi connectivity index (χ3n) is 3.64. The first kappa shape index (κ1) is 17.3. The van der Waals surface area contributed by atoms with Crippen LogP contribution in [0.25, 0.3) is 0 Å². The Hall–Kier alpha value is -0.730. The van der Waals surface area contributed by atoms with Crippen molar-refractivity contribution in [3.63, 3.8) is 0 Å². The Kier molecular flexibility index (Phi) is 6.35. The summed E-state index contributed by atoms with van der Waals surface area (Å²) in [6.07, 6.45) is 2.39. The molecule has 1 rings (SSSR count). The van der Waals surface area contributed by atoms with Gasteiger partial charge in [0.1, 0.15) is 0 Å². The minimum atomic E-state index is 0.0873. The summed E-state index contributed by atoms with van der Waals surface area (Å²) in [5, 5.41) is 4.38. The van der Waals surface area contributed by atoms with Gasteiger partial charge >= 0.3 is 0 Å². The van der Waals surface area contributed by atoms with Crippen LogP contribution in [0.2, 0.25) is 5.02 Å². The van der Waals surface area contributed by atoms with Crippen molar-refractivity contribution >= 4 is 17.3 Å². The summed E-state index contributed by atoms with van der Waals surface area (Å²) in [5.41, 5.74) is 2.51. The van der Waals surface area contributed by atoms with Gasteiger partial charge in [0.15, 0.2) is 0 Å². The lowest BCUT2D eigenvalue weighted by molar-refractivity contribution is 0.424. The zero-order valence-corrected chi connectivity index (χ0v) is 14.5. The highest BCUT2D eigenvalue weighted by Gasteiger charge is 2.17. The Morgan fingerprint density at radius 2 is 1.95 bits per heavy atom. The molecule has 3 heteroatoms. The average molecular weight is 297 g/mol. The molecule has 0 fully saturated rings. The summed E-state index contributed by atoms with van der Waals surface area (Å²) < 4.78 is 0. The molecule has 0 radical (unpaired) electrons. The lowest BCUT2D eigenvalue weighted by Crippen LogP contribution is -2.36. The number of anilines is 1. The second-order valence-electron chi connectivity index (χ2n) is 6.59. The molecule has 1 N–H and O–H groups in total. The minimum Gasteiger partial charge on any atom is -0.372 e. The van der Waals surface area contributed by atoms with Crippen LogP contribution in [-0.2, 0) is 6.54 Å². The SMILES string of the molecule is CCCC(C)N(C)c1cccc(Cl)c1CNC(C)(C)C. The summed E-state index contributed by atoms with van der Waals surface area (Å²) in [6, 6.07) is 6.70. The lowest BCUT2D eigenvalue weighted by Gasteiger charge is -2.30. The Labute approximate surface area is 129 Å². The van der Waals surface area contributed by atoms with Gasteiger partial charge in [0.05, 0.1) is 0 Å². The van der Waals surface area contributed by atoms with E-state index in [9.17, 15) is 0 Å². The van der Waals surface area contributed by atoms with Crippen LogP contribution in [-0.4, -0.2) is 18.6 Å². The molecule has 0 aliphatic heterocycles. The molecule has 0 bridgehead atoms. The van der Waals surface area contributed by atoms with E-state index in [0.29, 0.717) is 6.04 Å². The molecule has 0 heterocycles. The topological polar surface area (TPSA) is 15.3 Å². The Balaban J connectivity index is 2.98. The van der Waals surface area contributed by atoms with Crippen LogP contribution in [0.4, 0.5) is 5.69 Å². The Morgan fingerprint density at radius 3 is 2.50 bits per heavy atom. The average Bonchev–Trinajstić information content (AvgIpc) is 2.35. The minimum absolute atomic E-state index is 0.0873. The highest BCUT2D eigenvalue weighted by atomic mass is 35.5. The van der Waals surface area contributed by atoms with Gasteiger partial charge in [-0.25, -0.2) is 0 Å². The van der Waals surface area contributed by atoms with E-state index in [1.54, 1.807) is 0 Å². The molecule has 1 aromatic carbocycles. The zero-order valence-electron chi connectivity index (χ0n) is 13.8. The van der Waals surface area contributed by atoms with Gasteiger partial charge in [0.25, 0.3) is 0 Å². The molecule has 1 aromatic rings. The molecular weight excluding hydrogens is 268 g/mol. The fourth-order valence-corrected chi connectivity index (χ4v) is 2.49. The van der Waals surface area contributed by atoms with Crippen LogP contribution in [0.15, 0.2) is 18.2 Å². The molecule has 20 heavy (non-hydrogen) atoms. The van der Waals surface area contributed by atoms with Crippen molar-refractivity contribution in [2.24, 2.45) is 0 Å². The van der Waals surface area contributed by atoms with Gasteiger partial charge < -0.3 is 10.2 Å². The predicted octanol–water partition coefficient (Wildman–Crippen LogP) is 4.85. The summed E-state index contributed by atoms with van der Waals surface area (Å²) >= 11 is 6.42. The van der Waals surface area contributed by atoms with E-state index in [1.807, 2.05) is 12.1 Å². The van der Waals surface area contributed by atoms with E-state index in [2.05, 4.69) is 57.9 Å². The van der Waals surface area contributed by atoms with Gasteiger partial charge in [0, 0.05) is 41.4 Å². The van der Waals surface area contributed by atoms with Crippen LogP contribution < -0.4 is 10.2 Å². The number of rotatable bonds is 6. The molecule has 0 aliphatic carbocycles. The van der Waals surface area contributed by atoms with E-state index in [4.69, 9.17) is 11.6 Å². The predicted molar refractivity (Wildman–Crippen MR) is 90.8 cm³/mol. The maximum Gasteiger partial charge on any atom is 0.0471 e. The third-order valence-corrected chi connectivity index (χ3v) is 3.99. The first-order chi connectivity index (χ1) is 9.26. The summed E-state index contributed by atoms with van der Waals surface area (Å²) in [6.45, 7) is 11.8. The van der Waals surface area contributed by atoms with Gasteiger partial charge in [-0.15, -0.1) is 0 Å². The van der Waals surface area contributed by atoms with E-state index >= 15 is 0 Å². The fourth-order valence-electron chi connectivity index (χ4n) is 2.26. The molecule has 0 saturated heterocycles. The molecule has 0 aromatic heterocycles. The standard InChI is InChI=1S/C17H29ClN2/c1-7-9-13(2)20(6)16-11-8-10-15(18)14(16)12-19-17(3,4)5/h8,10-11,13,19H,7,9,12H2,1-6H3. The Morgan fingerprint density at radius 1 is 1.30 bits per heavy atom. The maximum atomic E-state index is 6.42. The first-order valence-corrected chi connectivity index (χ1v) is 7.89. The molecule has 1 unspecified atom stereocenters. The van der Waals surface area contributed by atoms with Crippen molar-refractivity contribution in [3.8, 4) is 0 Å². The quantitative estimate of drug-likeness (QED) is 0.807. The normalized spacial score (nSPS) is 13.3. The van der Waals surface area contributed by atoms with E-state index < -0.39 is 0 Å². The van der Waals surface area contributed by atoms with E-state index in [1.165, 1.54) is 24.1 Å². The van der Waals surface area contributed by atoms with Crippen LogP contribution >= 0.6 is 11.6 Å². The first-order valence-electron chi connectivity index (χ1n) is 7.51. The highest BCUT2D eigenvalue weighted by molar-refractivity contribution is 6.31. The molecule has 2 nitrogen and oxygen atoms in total. The number of hydrogen-bond donors (Lipinski definition) is 1. The monoisotopic (exact) mass is 296 g/mol. The summed E-state index contributed by atoms with van der Waals surface area (Å²) in [5.74, 6) is 0. The molecule has 0 amide bonds. The lowest BCUT2D eigenvalue weighted by atomic mass is 10.1. The summed E-state index contributed by atoms with van der Waals surface area (Å²) in [7, 11) is 2.16. The van der Waals surface area contributed by atoms with Crippen LogP contribution in [0.1, 0.15) is 53.0 Å². The van der Waals surface area contributed by atoms with Crippen LogP contribution in [0, 0.1) is 0 Å². The van der Waals surface area contributed by atoms with Gasteiger partial charge in [-0.3, -0.25) is 0 Å². The summed E-state index contributed by atoms with van der Waals surface area (Å²) in [4.78, 5) is 2.34. The van der Waals surface area contributed by atoms with Gasteiger partial charge in [-0.1, -0.05) is 31.0 Å². The second kappa shape index (κ2) is 7.33. The molecule has 1 atom stereocenters. The molecule has 0 spiro atoms. The zero-order chi connectivity index (χ0) is 15.3. The Bertz CT molecular complexity index is 423. The fraction of sp³-hybridized carbons (Fsp3) is 0.647. The smallest absolute Gasteiger partial charge is 0.0471 e. The number of hydrogen-bond acceptors (Lipinski definition) is 2. The van der Waals surface area contributed by atoms with Crippen molar-refractivity contribution in [1.29, 1.82) is 0 Å². The van der Waals surface area contributed by atoms with Crippen LogP contribution in [0.5, 0.6) is 0 Å². The largest absolute Gasteiger partial charge is 0.372 e. The second-order valence-corrected chi connectivity index (χ2v) is 7.00. The molecule has 114 valence electrons. The highest BCUT2D eigenvalue weighted by Crippen LogP contribution is 2.29. The van der Waals surface area contributed by atoms with Gasteiger partial charge in [-0.2, -0.15) is 0 Å². The molecular formula is C17H29ClN2. The van der Waals surface area contributed by atoms with Gasteiger partial charge in [-0.05, 0) is 46.2 Å². The van der Waals surface area contributed by atoms with E-state index in [-0.39, 0.29) is 5.54 Å². The number of nitrogens with one attached hydrogen (secondary N) is 1. The molecule has 0 saturated carbocycles. The number of benzene rings is 1. The maximum absolute atomic E-state index is 6.42.